The monoisotopic (exact) mass is 248 g/mol. The lowest BCUT2D eigenvalue weighted by atomic mass is 10.2. The summed E-state index contributed by atoms with van der Waals surface area (Å²) in [4.78, 5) is 11.2. The molecule has 5 nitrogen and oxygen atoms in total. The van der Waals surface area contributed by atoms with Gasteiger partial charge in [-0.1, -0.05) is 12.1 Å². The van der Waals surface area contributed by atoms with E-state index in [1.807, 2.05) is 18.2 Å². The summed E-state index contributed by atoms with van der Waals surface area (Å²) < 4.78 is 9.75. The van der Waals surface area contributed by atoms with E-state index in [0.717, 1.165) is 5.56 Å². The second kappa shape index (κ2) is 7.30. The van der Waals surface area contributed by atoms with Crippen LogP contribution in [0.4, 0.5) is 0 Å². The van der Waals surface area contributed by atoms with Crippen LogP contribution in [0.5, 0.6) is 5.75 Å². The van der Waals surface area contributed by atoms with Crippen LogP contribution in [-0.2, 0) is 16.1 Å². The van der Waals surface area contributed by atoms with Gasteiger partial charge in [-0.2, -0.15) is 5.26 Å². The fourth-order valence-corrected chi connectivity index (χ4v) is 1.35. The lowest BCUT2D eigenvalue weighted by Gasteiger charge is -2.11. The molecule has 0 radical (unpaired) electrons. The van der Waals surface area contributed by atoms with Gasteiger partial charge in [-0.3, -0.25) is 4.79 Å². The van der Waals surface area contributed by atoms with E-state index in [4.69, 9.17) is 10.00 Å². The Morgan fingerprint density at radius 2 is 2.11 bits per heavy atom. The van der Waals surface area contributed by atoms with Gasteiger partial charge in [0.05, 0.1) is 7.11 Å². The van der Waals surface area contributed by atoms with Crippen molar-refractivity contribution in [3.63, 3.8) is 0 Å². The van der Waals surface area contributed by atoms with Crippen molar-refractivity contribution in [1.29, 1.82) is 5.26 Å². The zero-order valence-corrected chi connectivity index (χ0v) is 10.5. The van der Waals surface area contributed by atoms with E-state index in [-0.39, 0.29) is 18.6 Å². The summed E-state index contributed by atoms with van der Waals surface area (Å²) in [6.07, 6.45) is 0. The molecule has 1 aromatic carbocycles. The van der Waals surface area contributed by atoms with Crippen molar-refractivity contribution in [2.45, 2.75) is 19.5 Å². The molecule has 0 aliphatic rings. The molecule has 0 aliphatic carbocycles. The number of rotatable bonds is 6. The molecule has 0 aliphatic heterocycles. The fraction of sp³-hybridized carbons (Fsp3) is 0.385. The van der Waals surface area contributed by atoms with Crippen molar-refractivity contribution >= 4 is 5.97 Å². The third-order valence-corrected chi connectivity index (χ3v) is 2.39. The number of nitrogens with zero attached hydrogens (tertiary/aromatic N) is 1. The number of methoxy groups -OCH3 is 1. The Balaban J connectivity index is 2.44. The second-order valence-electron chi connectivity index (χ2n) is 3.72. The molecule has 0 unspecified atom stereocenters. The average Bonchev–Trinajstić information content (AvgIpc) is 2.42. The Labute approximate surface area is 106 Å². The van der Waals surface area contributed by atoms with Gasteiger partial charge >= 0.3 is 5.97 Å². The molecule has 1 rings (SSSR count). The molecule has 1 N–H and O–H groups in total. The minimum absolute atomic E-state index is 0.0387. The first-order valence-electron chi connectivity index (χ1n) is 5.57. The van der Waals surface area contributed by atoms with Gasteiger partial charge in [0.15, 0.2) is 6.61 Å². The van der Waals surface area contributed by atoms with E-state index in [1.54, 1.807) is 19.1 Å². The first-order valence-corrected chi connectivity index (χ1v) is 5.57. The van der Waals surface area contributed by atoms with Gasteiger partial charge in [0, 0.05) is 6.54 Å². The Bertz CT molecular complexity index is 423. The maximum absolute atomic E-state index is 11.2. The highest BCUT2D eigenvalue weighted by Crippen LogP contribution is 2.11. The van der Waals surface area contributed by atoms with Crippen LogP contribution in [0.15, 0.2) is 24.3 Å². The summed E-state index contributed by atoms with van der Waals surface area (Å²) in [6.45, 7) is 2.35. The van der Waals surface area contributed by atoms with Crippen molar-refractivity contribution < 1.29 is 14.3 Å². The molecule has 0 amide bonds. The van der Waals surface area contributed by atoms with Crippen molar-refractivity contribution in [2.75, 3.05) is 13.7 Å². The van der Waals surface area contributed by atoms with Crippen LogP contribution in [0.1, 0.15) is 12.5 Å². The summed E-state index contributed by atoms with van der Waals surface area (Å²) in [7, 11) is 1.36. The van der Waals surface area contributed by atoms with E-state index in [0.29, 0.717) is 12.3 Å². The number of hydrogen-bond donors (Lipinski definition) is 1. The van der Waals surface area contributed by atoms with Crippen LogP contribution in [0.2, 0.25) is 0 Å². The summed E-state index contributed by atoms with van der Waals surface area (Å²) >= 11 is 0. The number of hydrogen-bond acceptors (Lipinski definition) is 5. The summed E-state index contributed by atoms with van der Waals surface area (Å²) in [5.74, 6) is 0.366. The molecular formula is C13H16N2O3. The summed E-state index contributed by atoms with van der Waals surface area (Å²) in [5, 5.41) is 11.4. The van der Waals surface area contributed by atoms with Crippen molar-refractivity contribution in [1.82, 2.24) is 5.32 Å². The van der Waals surface area contributed by atoms with Crippen LogP contribution in [0.25, 0.3) is 0 Å². The van der Waals surface area contributed by atoms with E-state index in [2.05, 4.69) is 10.1 Å². The molecule has 96 valence electrons. The van der Waals surface area contributed by atoms with Crippen LogP contribution in [0.3, 0.4) is 0 Å². The number of ether oxygens (including phenoxy) is 2. The standard InChI is InChI=1S/C13H16N2O3/c1-10(13(16)17-2)15-9-11-3-5-12(6-4-11)18-8-7-14/h3-6,10,15H,8-9H2,1-2H3/t10-/m0/s1. The van der Waals surface area contributed by atoms with E-state index < -0.39 is 0 Å². The number of nitrogens with one attached hydrogen (secondary N) is 1. The Kier molecular flexibility index (Phi) is 5.68. The molecule has 5 heteroatoms. The fourth-order valence-electron chi connectivity index (χ4n) is 1.35. The number of benzene rings is 1. The third-order valence-electron chi connectivity index (χ3n) is 2.39. The molecule has 1 atom stereocenters. The van der Waals surface area contributed by atoms with Gasteiger partial charge in [0.1, 0.15) is 17.9 Å². The zero-order chi connectivity index (χ0) is 13.4. The third kappa shape index (κ3) is 4.44. The second-order valence-corrected chi connectivity index (χ2v) is 3.72. The lowest BCUT2D eigenvalue weighted by Crippen LogP contribution is -2.34. The molecule has 0 bridgehead atoms. The quantitative estimate of drug-likeness (QED) is 0.767. The maximum atomic E-state index is 11.2. The summed E-state index contributed by atoms with van der Waals surface area (Å²) in [6, 6.07) is 8.90. The van der Waals surface area contributed by atoms with Crippen LogP contribution in [-0.4, -0.2) is 25.7 Å². The Morgan fingerprint density at radius 3 is 2.67 bits per heavy atom. The highest BCUT2D eigenvalue weighted by atomic mass is 16.5. The predicted octanol–water partition coefficient (Wildman–Crippen LogP) is 1.24. The average molecular weight is 248 g/mol. The Hall–Kier alpha value is -2.06. The Morgan fingerprint density at radius 1 is 1.44 bits per heavy atom. The lowest BCUT2D eigenvalue weighted by molar-refractivity contribution is -0.142. The SMILES string of the molecule is COC(=O)[C@H](C)NCc1ccc(OCC#N)cc1. The molecule has 18 heavy (non-hydrogen) atoms. The minimum Gasteiger partial charge on any atom is -0.479 e. The van der Waals surface area contributed by atoms with Crippen LogP contribution >= 0.6 is 0 Å². The number of esters is 1. The largest absolute Gasteiger partial charge is 0.479 e. The first kappa shape index (κ1) is 14.0. The molecule has 0 saturated heterocycles. The summed E-state index contributed by atoms with van der Waals surface area (Å²) in [5.41, 5.74) is 1.02. The number of nitriles is 1. The molecule has 0 saturated carbocycles. The highest BCUT2D eigenvalue weighted by Gasteiger charge is 2.11. The van der Waals surface area contributed by atoms with Gasteiger partial charge < -0.3 is 14.8 Å². The number of carbonyl (C=O) groups excluding carboxylic acids is 1. The highest BCUT2D eigenvalue weighted by molar-refractivity contribution is 5.75. The van der Waals surface area contributed by atoms with Crippen LogP contribution in [0, 0.1) is 11.3 Å². The topological polar surface area (TPSA) is 71.3 Å². The van der Waals surface area contributed by atoms with E-state index in [9.17, 15) is 4.79 Å². The molecule has 0 heterocycles. The van der Waals surface area contributed by atoms with Crippen LogP contribution < -0.4 is 10.1 Å². The predicted molar refractivity (Wildman–Crippen MR) is 65.9 cm³/mol. The van der Waals surface area contributed by atoms with Crippen molar-refractivity contribution in [3.05, 3.63) is 29.8 Å². The normalized spacial score (nSPS) is 11.4. The molecule has 0 fully saturated rings. The minimum atomic E-state index is -0.343. The first-order chi connectivity index (χ1) is 8.67. The van der Waals surface area contributed by atoms with E-state index in [1.165, 1.54) is 7.11 Å². The van der Waals surface area contributed by atoms with Crippen molar-refractivity contribution in [2.24, 2.45) is 0 Å². The van der Waals surface area contributed by atoms with Crippen molar-refractivity contribution in [3.8, 4) is 11.8 Å². The van der Waals surface area contributed by atoms with Gasteiger partial charge in [0.2, 0.25) is 0 Å². The molecular weight excluding hydrogens is 232 g/mol. The van der Waals surface area contributed by atoms with Gasteiger partial charge in [-0.15, -0.1) is 0 Å². The smallest absolute Gasteiger partial charge is 0.322 e. The molecule has 0 aromatic heterocycles. The number of carbonyl (C=O) groups is 1. The van der Waals surface area contributed by atoms with Gasteiger partial charge in [-0.05, 0) is 24.6 Å². The maximum Gasteiger partial charge on any atom is 0.322 e. The molecule has 1 aromatic rings. The van der Waals surface area contributed by atoms with Gasteiger partial charge in [0.25, 0.3) is 0 Å². The van der Waals surface area contributed by atoms with E-state index >= 15 is 0 Å². The molecule has 0 spiro atoms. The zero-order valence-electron chi connectivity index (χ0n) is 10.5. The van der Waals surface area contributed by atoms with Gasteiger partial charge in [-0.25, -0.2) is 0 Å².